The van der Waals surface area contributed by atoms with Gasteiger partial charge in [-0.3, -0.25) is 0 Å². The van der Waals surface area contributed by atoms with Gasteiger partial charge in [0.1, 0.15) is 7.11 Å². The van der Waals surface area contributed by atoms with E-state index in [4.69, 9.17) is 5.73 Å². The first kappa shape index (κ1) is 8.74. The molecule has 3 nitrogen and oxygen atoms in total. The molecule has 0 bridgehead atoms. The zero-order chi connectivity index (χ0) is 8.81. The van der Waals surface area contributed by atoms with Crippen molar-refractivity contribution in [3.63, 3.8) is 0 Å². The van der Waals surface area contributed by atoms with Crippen molar-refractivity contribution >= 4 is 6.21 Å². The summed E-state index contributed by atoms with van der Waals surface area (Å²) in [6.45, 7) is 0.530. The predicted octanol–water partition coefficient (Wildman–Crippen LogP) is 0.926. The first-order valence-corrected chi connectivity index (χ1v) is 3.64. The van der Waals surface area contributed by atoms with E-state index in [1.807, 2.05) is 18.2 Å². The van der Waals surface area contributed by atoms with Crippen LogP contribution in [0, 0.1) is 6.07 Å². The van der Waals surface area contributed by atoms with E-state index in [2.05, 4.69) is 16.1 Å². The van der Waals surface area contributed by atoms with Crippen LogP contribution in [0.1, 0.15) is 11.1 Å². The molecule has 0 spiro atoms. The van der Waals surface area contributed by atoms with Gasteiger partial charge in [-0.1, -0.05) is 17.3 Å². The van der Waals surface area contributed by atoms with Crippen LogP contribution >= 0.6 is 0 Å². The van der Waals surface area contributed by atoms with E-state index in [9.17, 15) is 0 Å². The van der Waals surface area contributed by atoms with Gasteiger partial charge in [0.15, 0.2) is 0 Å². The van der Waals surface area contributed by atoms with E-state index in [1.54, 1.807) is 6.21 Å². The van der Waals surface area contributed by atoms with Crippen molar-refractivity contribution in [2.45, 2.75) is 6.54 Å². The minimum absolute atomic E-state index is 0.530. The van der Waals surface area contributed by atoms with E-state index in [-0.39, 0.29) is 0 Å². The Morgan fingerprint density at radius 3 is 3.25 bits per heavy atom. The van der Waals surface area contributed by atoms with Crippen molar-refractivity contribution in [1.82, 2.24) is 0 Å². The van der Waals surface area contributed by atoms with Crippen LogP contribution in [0.3, 0.4) is 0 Å². The maximum Gasteiger partial charge on any atom is 0.106 e. The molecule has 0 aliphatic rings. The zero-order valence-corrected chi connectivity index (χ0v) is 6.95. The summed E-state index contributed by atoms with van der Waals surface area (Å²) in [6, 6.07) is 8.65. The van der Waals surface area contributed by atoms with Gasteiger partial charge in [-0.2, -0.15) is 0 Å². The van der Waals surface area contributed by atoms with E-state index in [1.165, 1.54) is 7.11 Å². The molecule has 1 aromatic rings. The zero-order valence-electron chi connectivity index (χ0n) is 6.95. The SMILES string of the molecule is CON=Cc1[c]ccc(CN)c1. The average Bonchev–Trinajstić information content (AvgIpc) is 2.15. The van der Waals surface area contributed by atoms with Gasteiger partial charge >= 0.3 is 0 Å². The fourth-order valence-corrected chi connectivity index (χ4v) is 0.845. The quantitative estimate of drug-likeness (QED) is 0.532. The summed E-state index contributed by atoms with van der Waals surface area (Å²) in [5.41, 5.74) is 7.39. The van der Waals surface area contributed by atoms with Crippen LogP contribution in [-0.2, 0) is 11.4 Å². The van der Waals surface area contributed by atoms with Crippen molar-refractivity contribution < 1.29 is 4.84 Å². The third kappa shape index (κ3) is 2.36. The molecule has 12 heavy (non-hydrogen) atoms. The van der Waals surface area contributed by atoms with Crippen molar-refractivity contribution in [3.05, 3.63) is 35.4 Å². The van der Waals surface area contributed by atoms with Crippen LogP contribution in [0.15, 0.2) is 23.4 Å². The maximum atomic E-state index is 5.46. The second kappa shape index (κ2) is 4.51. The summed E-state index contributed by atoms with van der Waals surface area (Å²) in [4.78, 5) is 4.54. The minimum atomic E-state index is 0.530. The molecule has 1 rings (SSSR count). The number of nitrogens with two attached hydrogens (primary N) is 1. The lowest BCUT2D eigenvalue weighted by molar-refractivity contribution is 0.215. The predicted molar refractivity (Wildman–Crippen MR) is 47.8 cm³/mol. The molecule has 0 aliphatic heterocycles. The summed E-state index contributed by atoms with van der Waals surface area (Å²) >= 11 is 0. The van der Waals surface area contributed by atoms with E-state index in [0.717, 1.165) is 11.1 Å². The summed E-state index contributed by atoms with van der Waals surface area (Å²) < 4.78 is 0. The minimum Gasteiger partial charge on any atom is -0.399 e. The summed E-state index contributed by atoms with van der Waals surface area (Å²) in [6.07, 6.45) is 1.60. The lowest BCUT2D eigenvalue weighted by atomic mass is 10.1. The van der Waals surface area contributed by atoms with Crippen LogP contribution in [0.25, 0.3) is 0 Å². The van der Waals surface area contributed by atoms with Gasteiger partial charge in [0, 0.05) is 12.1 Å². The average molecular weight is 163 g/mol. The Bertz CT molecular complexity index is 271. The van der Waals surface area contributed by atoms with Crippen LogP contribution in [0.4, 0.5) is 0 Å². The van der Waals surface area contributed by atoms with E-state index < -0.39 is 0 Å². The Hall–Kier alpha value is -1.35. The van der Waals surface area contributed by atoms with Crippen LogP contribution in [0.5, 0.6) is 0 Å². The molecule has 3 heteroatoms. The number of oxime groups is 1. The molecule has 0 amide bonds. The molecule has 0 aromatic heterocycles. The highest BCUT2D eigenvalue weighted by atomic mass is 16.6. The molecule has 0 atom stereocenters. The lowest BCUT2D eigenvalue weighted by Gasteiger charge is -1.96. The highest BCUT2D eigenvalue weighted by Crippen LogP contribution is 2.01. The molecule has 0 saturated carbocycles. The second-order valence-corrected chi connectivity index (χ2v) is 2.27. The molecule has 63 valence electrons. The van der Waals surface area contributed by atoms with Crippen molar-refractivity contribution in [2.24, 2.45) is 10.9 Å². The van der Waals surface area contributed by atoms with Crippen molar-refractivity contribution in [1.29, 1.82) is 0 Å². The van der Waals surface area contributed by atoms with Crippen molar-refractivity contribution in [3.8, 4) is 0 Å². The Kier molecular flexibility index (Phi) is 3.29. The number of hydrogen-bond acceptors (Lipinski definition) is 3. The van der Waals surface area contributed by atoms with Gasteiger partial charge in [-0.25, -0.2) is 0 Å². The number of hydrogen-bond donors (Lipinski definition) is 1. The highest BCUT2D eigenvalue weighted by Gasteiger charge is 1.90. The number of nitrogens with zero attached hydrogens (tertiary/aromatic N) is 1. The summed E-state index contributed by atoms with van der Waals surface area (Å²) in [7, 11) is 1.50. The maximum absolute atomic E-state index is 5.46. The van der Waals surface area contributed by atoms with Gasteiger partial charge < -0.3 is 10.6 Å². The molecule has 0 unspecified atom stereocenters. The van der Waals surface area contributed by atoms with Gasteiger partial charge in [0.05, 0.1) is 6.21 Å². The van der Waals surface area contributed by atoms with Crippen molar-refractivity contribution in [2.75, 3.05) is 7.11 Å². The molecule has 1 aromatic carbocycles. The summed E-state index contributed by atoms with van der Waals surface area (Å²) in [5.74, 6) is 0. The Balaban J connectivity index is 2.79. The van der Waals surface area contributed by atoms with Crippen LogP contribution in [-0.4, -0.2) is 13.3 Å². The highest BCUT2D eigenvalue weighted by molar-refractivity contribution is 5.78. The Morgan fingerprint density at radius 2 is 2.58 bits per heavy atom. The molecule has 0 aliphatic carbocycles. The monoisotopic (exact) mass is 163 g/mol. The molecule has 1 radical (unpaired) electrons. The third-order valence-electron chi connectivity index (χ3n) is 1.42. The first-order valence-electron chi connectivity index (χ1n) is 3.64. The van der Waals surface area contributed by atoms with Crippen LogP contribution < -0.4 is 5.73 Å². The lowest BCUT2D eigenvalue weighted by Crippen LogP contribution is -1.96. The fourth-order valence-electron chi connectivity index (χ4n) is 0.845. The normalized spacial score (nSPS) is 10.5. The fraction of sp³-hybridized carbons (Fsp3) is 0.222. The number of rotatable bonds is 3. The standard InChI is InChI=1S/C9H11N2O/c1-12-11-7-9-4-2-3-8(5-9)6-10/h2-3,5,7H,6,10H2,1H3. The van der Waals surface area contributed by atoms with E-state index >= 15 is 0 Å². The number of benzene rings is 1. The summed E-state index contributed by atoms with van der Waals surface area (Å²) in [5, 5.41) is 3.62. The van der Waals surface area contributed by atoms with E-state index in [0.29, 0.717) is 6.54 Å². The van der Waals surface area contributed by atoms with Crippen LogP contribution in [0.2, 0.25) is 0 Å². The molecule has 0 heterocycles. The van der Waals surface area contributed by atoms with Gasteiger partial charge in [-0.05, 0) is 17.7 Å². The largest absolute Gasteiger partial charge is 0.399 e. The second-order valence-electron chi connectivity index (χ2n) is 2.27. The molecule has 0 fully saturated rings. The molecular weight excluding hydrogens is 152 g/mol. The van der Waals surface area contributed by atoms with Gasteiger partial charge in [-0.15, -0.1) is 0 Å². The van der Waals surface area contributed by atoms with Gasteiger partial charge in [0.25, 0.3) is 0 Å². The first-order chi connectivity index (χ1) is 5.86. The topological polar surface area (TPSA) is 47.6 Å². The molecule has 2 N–H and O–H groups in total. The Morgan fingerprint density at radius 1 is 1.75 bits per heavy atom. The Labute approximate surface area is 71.8 Å². The smallest absolute Gasteiger partial charge is 0.106 e. The van der Waals surface area contributed by atoms with Gasteiger partial charge in [0.2, 0.25) is 0 Å². The molecular formula is C9H11N2O. The molecule has 0 saturated heterocycles. The third-order valence-corrected chi connectivity index (χ3v) is 1.42.